The molecule has 0 atom stereocenters. The Morgan fingerprint density at radius 3 is 2.38 bits per heavy atom. The molecule has 0 spiro atoms. The maximum absolute atomic E-state index is 12.5. The summed E-state index contributed by atoms with van der Waals surface area (Å²) in [7, 11) is 0. The smallest absolute Gasteiger partial charge is 0.338 e. The lowest BCUT2D eigenvalue weighted by Crippen LogP contribution is -2.23. The van der Waals surface area contributed by atoms with Gasteiger partial charge < -0.3 is 10.5 Å². The van der Waals surface area contributed by atoms with Crippen molar-refractivity contribution in [2.45, 2.75) is 26.4 Å². The van der Waals surface area contributed by atoms with Crippen molar-refractivity contribution < 1.29 is 9.53 Å². The van der Waals surface area contributed by atoms with Gasteiger partial charge in [0.1, 0.15) is 5.60 Å². The molecular weight excluding hydrogens is 468 g/mol. The van der Waals surface area contributed by atoms with Gasteiger partial charge in [-0.1, -0.05) is 36.4 Å². The van der Waals surface area contributed by atoms with Crippen LogP contribution in [0.25, 0.3) is 22.0 Å². The van der Waals surface area contributed by atoms with Crippen LogP contribution in [0.15, 0.2) is 72.8 Å². The second-order valence-corrected chi connectivity index (χ2v) is 9.05. The van der Waals surface area contributed by atoms with Crippen molar-refractivity contribution in [3.05, 3.63) is 78.4 Å². The molecule has 0 saturated carbocycles. The van der Waals surface area contributed by atoms with Gasteiger partial charge in [0.25, 0.3) is 0 Å². The van der Waals surface area contributed by atoms with Crippen LogP contribution in [0.4, 0.5) is 17.5 Å². The number of halogens is 1. The molecule has 7 heteroatoms. The number of nitrogen functional groups attached to an aromatic ring is 1. The molecule has 0 aliphatic rings. The van der Waals surface area contributed by atoms with Crippen molar-refractivity contribution in [1.82, 2.24) is 9.97 Å². The Bertz CT molecular complexity index is 1290. The fraction of sp³-hybridized carbons (Fsp3) is 0.160. The third-order valence-electron chi connectivity index (χ3n) is 4.69. The summed E-state index contributed by atoms with van der Waals surface area (Å²) >= 11 is 3.62. The molecule has 0 aliphatic heterocycles. The first-order valence-electron chi connectivity index (χ1n) is 10.1. The second-order valence-electron chi connectivity index (χ2n) is 8.34. The number of para-hydroxylation sites is 1. The molecular formula is C25H23BrN4O2. The number of carbonyl (C=O) groups is 1. The van der Waals surface area contributed by atoms with Crippen molar-refractivity contribution in [3.8, 4) is 11.1 Å². The first kappa shape index (κ1) is 21.8. The molecule has 1 aromatic heterocycles. The van der Waals surface area contributed by atoms with E-state index < -0.39 is 5.60 Å². The average Bonchev–Trinajstić information content (AvgIpc) is 2.77. The number of nitrogens with two attached hydrogens (primary N) is 1. The minimum Gasteiger partial charge on any atom is -0.456 e. The highest BCUT2D eigenvalue weighted by atomic mass is 79.9. The van der Waals surface area contributed by atoms with Crippen LogP contribution in [0.1, 0.15) is 31.1 Å². The zero-order chi connectivity index (χ0) is 22.9. The van der Waals surface area contributed by atoms with E-state index in [4.69, 9.17) is 10.5 Å². The Hall–Kier alpha value is -3.45. The molecule has 0 fully saturated rings. The monoisotopic (exact) mass is 490 g/mol. The zero-order valence-corrected chi connectivity index (χ0v) is 19.6. The molecule has 0 radical (unpaired) electrons. The molecule has 0 saturated heterocycles. The van der Waals surface area contributed by atoms with E-state index in [0.29, 0.717) is 11.4 Å². The molecule has 4 rings (SSSR count). The van der Waals surface area contributed by atoms with Crippen LogP contribution in [0, 0.1) is 0 Å². The number of hydrogen-bond acceptors (Lipinski definition) is 6. The SMILES string of the molecule is CC(C)(C)OC(=O)c1cccc(-c2ccc3nc(N)nc(N(Br)c4ccccc4)c3c2)c1. The van der Waals surface area contributed by atoms with Crippen LogP contribution >= 0.6 is 16.1 Å². The zero-order valence-electron chi connectivity index (χ0n) is 18.0. The summed E-state index contributed by atoms with van der Waals surface area (Å²) in [5.41, 5.74) is 9.35. The normalized spacial score (nSPS) is 11.4. The summed E-state index contributed by atoms with van der Waals surface area (Å²) < 4.78 is 7.31. The molecule has 162 valence electrons. The first-order valence-corrected chi connectivity index (χ1v) is 10.8. The van der Waals surface area contributed by atoms with Crippen LogP contribution in [-0.4, -0.2) is 21.5 Å². The fourth-order valence-corrected chi connectivity index (χ4v) is 3.81. The van der Waals surface area contributed by atoms with Gasteiger partial charge in [-0.3, -0.25) is 3.93 Å². The van der Waals surface area contributed by atoms with Gasteiger partial charge in [0.05, 0.1) is 32.9 Å². The van der Waals surface area contributed by atoms with Gasteiger partial charge in [0.2, 0.25) is 5.95 Å². The Labute approximate surface area is 195 Å². The molecule has 2 N–H and O–H groups in total. The Balaban J connectivity index is 1.78. The van der Waals surface area contributed by atoms with Crippen LogP contribution in [-0.2, 0) is 4.74 Å². The lowest BCUT2D eigenvalue weighted by Gasteiger charge is -2.20. The number of rotatable bonds is 4. The Morgan fingerprint density at radius 1 is 0.938 bits per heavy atom. The van der Waals surface area contributed by atoms with E-state index in [-0.39, 0.29) is 11.9 Å². The van der Waals surface area contributed by atoms with Crippen molar-refractivity contribution >= 4 is 50.5 Å². The molecule has 4 aromatic rings. The number of hydrogen-bond donors (Lipinski definition) is 1. The highest BCUT2D eigenvalue weighted by Crippen LogP contribution is 2.35. The van der Waals surface area contributed by atoms with E-state index in [0.717, 1.165) is 27.7 Å². The molecule has 3 aromatic carbocycles. The summed E-state index contributed by atoms with van der Waals surface area (Å²) in [4.78, 5) is 21.4. The quantitative estimate of drug-likeness (QED) is 0.267. The molecule has 6 nitrogen and oxygen atoms in total. The van der Waals surface area contributed by atoms with Crippen molar-refractivity contribution in [2.24, 2.45) is 0 Å². The van der Waals surface area contributed by atoms with E-state index in [1.807, 2.05) is 87.5 Å². The minimum atomic E-state index is -0.557. The summed E-state index contributed by atoms with van der Waals surface area (Å²) in [5, 5.41) is 0.820. The predicted molar refractivity (Wildman–Crippen MR) is 132 cm³/mol. The number of aromatic nitrogens is 2. The fourth-order valence-electron chi connectivity index (χ4n) is 3.30. The average molecular weight is 491 g/mol. The largest absolute Gasteiger partial charge is 0.456 e. The second kappa shape index (κ2) is 8.59. The van der Waals surface area contributed by atoms with Crippen molar-refractivity contribution in [2.75, 3.05) is 9.66 Å². The number of ether oxygens (including phenoxy) is 1. The van der Waals surface area contributed by atoms with E-state index in [9.17, 15) is 4.79 Å². The van der Waals surface area contributed by atoms with Gasteiger partial charge >= 0.3 is 5.97 Å². The molecule has 32 heavy (non-hydrogen) atoms. The number of anilines is 3. The van der Waals surface area contributed by atoms with Gasteiger partial charge in [-0.05, 0) is 68.3 Å². The highest BCUT2D eigenvalue weighted by Gasteiger charge is 2.19. The standard InChI is InChI=1S/C25H23BrN4O2/c1-25(2,3)32-23(31)18-9-7-8-16(14-18)17-12-13-21-20(15-17)22(29-24(27)28-21)30(26)19-10-5-4-6-11-19/h4-15H,1-3H3,(H2,27,28,29). The summed E-state index contributed by atoms with van der Waals surface area (Å²) in [6, 6.07) is 23.0. The number of carbonyl (C=O) groups excluding carboxylic acids is 1. The van der Waals surface area contributed by atoms with Crippen molar-refractivity contribution in [3.63, 3.8) is 0 Å². The first-order chi connectivity index (χ1) is 15.2. The van der Waals surface area contributed by atoms with Crippen molar-refractivity contribution in [1.29, 1.82) is 0 Å². The third kappa shape index (κ3) is 4.73. The maximum atomic E-state index is 12.5. The lowest BCUT2D eigenvalue weighted by atomic mass is 10.0. The Morgan fingerprint density at radius 2 is 1.66 bits per heavy atom. The number of nitrogens with zero attached hydrogens (tertiary/aromatic N) is 3. The molecule has 0 aliphatic carbocycles. The van der Waals surface area contributed by atoms with Crippen LogP contribution in [0.3, 0.4) is 0 Å². The van der Waals surface area contributed by atoms with Gasteiger partial charge in [-0.15, -0.1) is 0 Å². The molecule has 0 bridgehead atoms. The predicted octanol–water partition coefficient (Wildman–Crippen LogP) is 6.28. The van der Waals surface area contributed by atoms with Gasteiger partial charge in [0.15, 0.2) is 5.82 Å². The van der Waals surface area contributed by atoms with E-state index in [1.165, 1.54) is 0 Å². The van der Waals surface area contributed by atoms with E-state index in [1.54, 1.807) is 9.99 Å². The maximum Gasteiger partial charge on any atom is 0.338 e. The van der Waals surface area contributed by atoms with Gasteiger partial charge in [-0.2, -0.15) is 4.98 Å². The number of benzene rings is 3. The van der Waals surface area contributed by atoms with Crippen LogP contribution in [0.5, 0.6) is 0 Å². The molecule has 1 heterocycles. The topological polar surface area (TPSA) is 81.3 Å². The summed E-state index contributed by atoms with van der Waals surface area (Å²) in [6.07, 6.45) is 0. The van der Waals surface area contributed by atoms with E-state index >= 15 is 0 Å². The molecule has 0 unspecified atom stereocenters. The number of esters is 1. The third-order valence-corrected chi connectivity index (χ3v) is 5.44. The van der Waals surface area contributed by atoms with Crippen LogP contribution < -0.4 is 9.66 Å². The minimum absolute atomic E-state index is 0.188. The van der Waals surface area contributed by atoms with E-state index in [2.05, 4.69) is 26.1 Å². The summed E-state index contributed by atoms with van der Waals surface area (Å²) in [6.45, 7) is 5.55. The highest BCUT2D eigenvalue weighted by molar-refractivity contribution is 9.10. The molecule has 0 amide bonds. The summed E-state index contributed by atoms with van der Waals surface area (Å²) in [5.74, 6) is 0.462. The lowest BCUT2D eigenvalue weighted by molar-refractivity contribution is 0.00696. The van der Waals surface area contributed by atoms with Gasteiger partial charge in [0, 0.05) is 5.39 Å². The number of fused-ring (bicyclic) bond motifs is 1. The Kier molecular flexibility index (Phi) is 5.84. The van der Waals surface area contributed by atoms with Gasteiger partial charge in [-0.25, -0.2) is 9.78 Å². The van der Waals surface area contributed by atoms with Crippen LogP contribution in [0.2, 0.25) is 0 Å².